The van der Waals surface area contributed by atoms with E-state index in [0.717, 1.165) is 18.5 Å². The molecular formula is C17H19N5O3. The number of carbonyl (C=O) groups excluding carboxylic acids is 1. The predicted molar refractivity (Wildman–Crippen MR) is 87.0 cm³/mol. The van der Waals surface area contributed by atoms with Gasteiger partial charge in [-0.3, -0.25) is 4.79 Å². The number of aryl methyl sites for hydroxylation is 1. The maximum Gasteiger partial charge on any atom is 0.316 e. The summed E-state index contributed by atoms with van der Waals surface area (Å²) < 4.78 is 11.9. The highest BCUT2D eigenvalue weighted by Crippen LogP contribution is 2.35. The van der Waals surface area contributed by atoms with Gasteiger partial charge in [0.25, 0.3) is 5.91 Å². The summed E-state index contributed by atoms with van der Waals surface area (Å²) in [6, 6.07) is 3.85. The molecule has 2 saturated heterocycles. The Morgan fingerprint density at radius 1 is 1.32 bits per heavy atom. The third kappa shape index (κ3) is 3.30. The minimum atomic E-state index is -0.338. The number of hydrogen-bond donors (Lipinski definition) is 0. The molecule has 0 radical (unpaired) electrons. The SMILES string of the molecule is Cc1ccnc(O[C@@H]2CCOC3(C2)CN(C(=O)c2ccncn2)C3)n1. The van der Waals surface area contributed by atoms with Gasteiger partial charge in [0.15, 0.2) is 0 Å². The molecule has 130 valence electrons. The van der Waals surface area contributed by atoms with Gasteiger partial charge in [0.1, 0.15) is 23.7 Å². The molecule has 1 spiro atoms. The highest BCUT2D eigenvalue weighted by Gasteiger charge is 2.50. The second-order valence-electron chi connectivity index (χ2n) is 6.50. The van der Waals surface area contributed by atoms with Crippen molar-refractivity contribution in [3.8, 4) is 6.01 Å². The lowest BCUT2D eigenvalue weighted by Crippen LogP contribution is -2.67. The van der Waals surface area contributed by atoms with Gasteiger partial charge in [0.2, 0.25) is 0 Å². The molecule has 8 heteroatoms. The molecule has 0 unspecified atom stereocenters. The van der Waals surface area contributed by atoms with Crippen molar-refractivity contribution in [3.63, 3.8) is 0 Å². The van der Waals surface area contributed by atoms with E-state index in [9.17, 15) is 4.79 Å². The van der Waals surface area contributed by atoms with Gasteiger partial charge in [-0.1, -0.05) is 0 Å². The van der Waals surface area contributed by atoms with Crippen molar-refractivity contribution in [2.75, 3.05) is 19.7 Å². The van der Waals surface area contributed by atoms with E-state index in [-0.39, 0.29) is 17.6 Å². The standard InChI is InChI=1S/C17H19N5O3/c1-12-2-6-19-16(21-12)25-13-4-7-24-17(8-13)9-22(10-17)15(23)14-3-5-18-11-20-14/h2-3,5-6,11,13H,4,7-10H2,1H3/t13-/m1/s1. The van der Waals surface area contributed by atoms with Crippen molar-refractivity contribution >= 4 is 5.91 Å². The molecule has 0 aromatic carbocycles. The van der Waals surface area contributed by atoms with E-state index < -0.39 is 0 Å². The molecule has 0 aliphatic carbocycles. The Kier molecular flexibility index (Phi) is 4.04. The normalized spacial score (nSPS) is 21.6. The van der Waals surface area contributed by atoms with Crippen LogP contribution in [0.4, 0.5) is 0 Å². The summed E-state index contributed by atoms with van der Waals surface area (Å²) in [5, 5.41) is 0. The van der Waals surface area contributed by atoms with Crippen molar-refractivity contribution in [1.82, 2.24) is 24.8 Å². The summed E-state index contributed by atoms with van der Waals surface area (Å²) in [6.07, 6.45) is 6.14. The predicted octanol–water partition coefficient (Wildman–Crippen LogP) is 1.03. The summed E-state index contributed by atoms with van der Waals surface area (Å²) in [5.74, 6) is -0.0957. The third-order valence-electron chi connectivity index (χ3n) is 4.54. The van der Waals surface area contributed by atoms with E-state index in [1.807, 2.05) is 13.0 Å². The highest BCUT2D eigenvalue weighted by molar-refractivity contribution is 5.92. The van der Waals surface area contributed by atoms with Crippen LogP contribution in [-0.4, -0.2) is 62.1 Å². The van der Waals surface area contributed by atoms with E-state index in [4.69, 9.17) is 9.47 Å². The van der Waals surface area contributed by atoms with Gasteiger partial charge in [-0.05, 0) is 19.1 Å². The van der Waals surface area contributed by atoms with Gasteiger partial charge in [-0.2, -0.15) is 0 Å². The Bertz CT molecular complexity index is 764. The molecule has 2 aliphatic heterocycles. The largest absolute Gasteiger partial charge is 0.460 e. The number of hydrogen-bond acceptors (Lipinski definition) is 7. The average Bonchev–Trinajstić information content (AvgIpc) is 2.60. The molecule has 4 rings (SSSR count). The van der Waals surface area contributed by atoms with Gasteiger partial charge in [0.05, 0.1) is 19.7 Å². The first kappa shape index (κ1) is 15.9. The summed E-state index contributed by atoms with van der Waals surface area (Å²) in [4.78, 5) is 30.4. The molecular weight excluding hydrogens is 322 g/mol. The average molecular weight is 341 g/mol. The minimum Gasteiger partial charge on any atom is -0.460 e. The van der Waals surface area contributed by atoms with Crippen LogP contribution >= 0.6 is 0 Å². The fraction of sp³-hybridized carbons (Fsp3) is 0.471. The summed E-state index contributed by atoms with van der Waals surface area (Å²) in [7, 11) is 0. The van der Waals surface area contributed by atoms with Crippen molar-refractivity contribution in [3.05, 3.63) is 42.2 Å². The summed E-state index contributed by atoms with van der Waals surface area (Å²) >= 11 is 0. The van der Waals surface area contributed by atoms with Crippen LogP contribution in [0.5, 0.6) is 6.01 Å². The molecule has 25 heavy (non-hydrogen) atoms. The zero-order valence-corrected chi connectivity index (χ0v) is 14.0. The first-order valence-corrected chi connectivity index (χ1v) is 8.29. The van der Waals surface area contributed by atoms with Crippen LogP contribution in [0.1, 0.15) is 29.0 Å². The first-order valence-electron chi connectivity index (χ1n) is 8.29. The van der Waals surface area contributed by atoms with E-state index in [1.54, 1.807) is 23.4 Å². The molecule has 8 nitrogen and oxygen atoms in total. The van der Waals surface area contributed by atoms with Crippen LogP contribution in [0.25, 0.3) is 0 Å². The van der Waals surface area contributed by atoms with Crippen molar-refractivity contribution in [1.29, 1.82) is 0 Å². The number of ether oxygens (including phenoxy) is 2. The number of aromatic nitrogens is 4. The number of nitrogens with zero attached hydrogens (tertiary/aromatic N) is 5. The Labute approximate surface area is 145 Å². The fourth-order valence-electron chi connectivity index (χ4n) is 3.31. The van der Waals surface area contributed by atoms with E-state index >= 15 is 0 Å². The lowest BCUT2D eigenvalue weighted by atomic mass is 9.84. The molecule has 2 aliphatic rings. The van der Waals surface area contributed by atoms with Crippen LogP contribution < -0.4 is 4.74 Å². The molecule has 0 bridgehead atoms. The monoisotopic (exact) mass is 341 g/mol. The fourth-order valence-corrected chi connectivity index (χ4v) is 3.31. The van der Waals surface area contributed by atoms with Gasteiger partial charge >= 0.3 is 6.01 Å². The molecule has 1 atom stereocenters. The number of likely N-dealkylation sites (tertiary alicyclic amines) is 1. The van der Waals surface area contributed by atoms with Crippen molar-refractivity contribution < 1.29 is 14.3 Å². The molecule has 2 aromatic heterocycles. The summed E-state index contributed by atoms with van der Waals surface area (Å²) in [6.45, 7) is 3.60. The Balaban J connectivity index is 1.37. The number of amides is 1. The van der Waals surface area contributed by atoms with E-state index in [0.29, 0.717) is 31.4 Å². The van der Waals surface area contributed by atoms with E-state index in [1.165, 1.54) is 6.33 Å². The van der Waals surface area contributed by atoms with Gasteiger partial charge in [0, 0.05) is 30.9 Å². The second kappa shape index (κ2) is 6.36. The molecule has 1 amide bonds. The molecule has 0 saturated carbocycles. The van der Waals surface area contributed by atoms with Crippen LogP contribution in [0.2, 0.25) is 0 Å². The van der Waals surface area contributed by atoms with E-state index in [2.05, 4.69) is 19.9 Å². The van der Waals surface area contributed by atoms with Crippen molar-refractivity contribution in [2.45, 2.75) is 31.5 Å². The minimum absolute atomic E-state index is 0.00754. The van der Waals surface area contributed by atoms with Gasteiger partial charge < -0.3 is 14.4 Å². The van der Waals surface area contributed by atoms with Crippen LogP contribution in [0, 0.1) is 6.92 Å². The van der Waals surface area contributed by atoms with Crippen LogP contribution in [0.15, 0.2) is 30.9 Å². The second-order valence-corrected chi connectivity index (χ2v) is 6.50. The maximum atomic E-state index is 12.4. The van der Waals surface area contributed by atoms with Gasteiger partial charge in [-0.15, -0.1) is 0 Å². The number of rotatable bonds is 3. The maximum absolute atomic E-state index is 12.4. The Morgan fingerprint density at radius 3 is 2.96 bits per heavy atom. The lowest BCUT2D eigenvalue weighted by molar-refractivity contribution is -0.174. The zero-order valence-electron chi connectivity index (χ0n) is 14.0. The quantitative estimate of drug-likeness (QED) is 0.823. The molecule has 0 N–H and O–H groups in total. The molecule has 2 aromatic rings. The molecule has 4 heterocycles. The smallest absolute Gasteiger partial charge is 0.316 e. The number of carbonyl (C=O) groups is 1. The summed E-state index contributed by atoms with van der Waals surface area (Å²) in [5.41, 5.74) is 0.939. The Hall–Kier alpha value is -2.61. The van der Waals surface area contributed by atoms with Crippen molar-refractivity contribution in [2.24, 2.45) is 0 Å². The van der Waals surface area contributed by atoms with Gasteiger partial charge in [-0.25, -0.2) is 19.9 Å². The van der Waals surface area contributed by atoms with Crippen LogP contribution in [-0.2, 0) is 4.74 Å². The third-order valence-corrected chi connectivity index (χ3v) is 4.54. The topological polar surface area (TPSA) is 90.3 Å². The highest BCUT2D eigenvalue weighted by atomic mass is 16.5. The zero-order chi connectivity index (χ0) is 17.3. The Morgan fingerprint density at radius 2 is 2.20 bits per heavy atom. The van der Waals surface area contributed by atoms with Crippen LogP contribution in [0.3, 0.4) is 0 Å². The lowest BCUT2D eigenvalue weighted by Gasteiger charge is -2.52. The molecule has 2 fully saturated rings. The first-order chi connectivity index (χ1) is 12.1.